The zero-order chi connectivity index (χ0) is 16.9. The lowest BCUT2D eigenvalue weighted by atomic mass is 10.2. The zero-order valence-corrected chi connectivity index (χ0v) is 14.5. The summed E-state index contributed by atoms with van der Waals surface area (Å²) >= 11 is 3.37. The molecule has 120 valence electrons. The second kappa shape index (κ2) is 7.27. The molecule has 0 bridgehead atoms. The number of rotatable bonds is 4. The lowest BCUT2D eigenvalue weighted by Gasteiger charge is -2.02. The van der Waals surface area contributed by atoms with Crippen molar-refractivity contribution < 1.29 is 14.3 Å². The topological polar surface area (TPSA) is 47.9 Å². The molecule has 0 saturated carbocycles. The number of benzene rings is 2. The Morgan fingerprint density at radius 1 is 1.12 bits per heavy atom. The van der Waals surface area contributed by atoms with Crippen molar-refractivity contribution in [3.8, 4) is 5.75 Å². The highest BCUT2D eigenvalue weighted by molar-refractivity contribution is 9.10. The number of ether oxygens (including phenoxy) is 2. The van der Waals surface area contributed by atoms with Gasteiger partial charge in [0.1, 0.15) is 5.75 Å². The third kappa shape index (κ3) is 3.63. The number of hydrogen-bond donors (Lipinski definition) is 0. The number of nitrogens with zero attached hydrogens (tertiary/aromatic N) is 1. The standard InChI is InChI=1S/C19H14BrNO3/c1-23-17-8-3-2-5-13(17)6-4-7-16-19(22)24-18(21-16)14-9-11-15(20)12-10-14/h2-12H,1H3/b6-4+,16-7-. The summed E-state index contributed by atoms with van der Waals surface area (Å²) in [6.07, 6.45) is 5.23. The van der Waals surface area contributed by atoms with Crippen LogP contribution in [0.4, 0.5) is 0 Å². The van der Waals surface area contributed by atoms with Gasteiger partial charge in [-0.15, -0.1) is 0 Å². The van der Waals surface area contributed by atoms with E-state index in [0.29, 0.717) is 5.90 Å². The van der Waals surface area contributed by atoms with E-state index >= 15 is 0 Å². The molecule has 0 spiro atoms. The fourth-order valence-electron chi connectivity index (χ4n) is 2.19. The van der Waals surface area contributed by atoms with Crippen LogP contribution < -0.4 is 4.74 Å². The minimum Gasteiger partial charge on any atom is -0.496 e. The van der Waals surface area contributed by atoms with Crippen molar-refractivity contribution in [2.45, 2.75) is 0 Å². The van der Waals surface area contributed by atoms with Gasteiger partial charge in [0, 0.05) is 15.6 Å². The maximum Gasteiger partial charge on any atom is 0.363 e. The van der Waals surface area contributed by atoms with Crippen LogP contribution in [0.2, 0.25) is 0 Å². The Morgan fingerprint density at radius 2 is 1.88 bits per heavy atom. The molecule has 2 aromatic rings. The third-order valence-corrected chi connectivity index (χ3v) is 3.91. The molecular formula is C19H14BrNO3. The van der Waals surface area contributed by atoms with Crippen LogP contribution in [-0.4, -0.2) is 19.0 Å². The number of para-hydroxylation sites is 1. The van der Waals surface area contributed by atoms with Gasteiger partial charge in [-0.3, -0.25) is 0 Å². The third-order valence-electron chi connectivity index (χ3n) is 3.38. The van der Waals surface area contributed by atoms with Crippen LogP contribution in [0.5, 0.6) is 5.75 Å². The summed E-state index contributed by atoms with van der Waals surface area (Å²) in [7, 11) is 1.62. The van der Waals surface area contributed by atoms with E-state index < -0.39 is 5.97 Å². The van der Waals surface area contributed by atoms with Crippen LogP contribution in [0.25, 0.3) is 6.08 Å². The van der Waals surface area contributed by atoms with Gasteiger partial charge in [0.25, 0.3) is 0 Å². The quantitative estimate of drug-likeness (QED) is 0.582. The molecule has 1 heterocycles. The molecule has 0 atom stereocenters. The summed E-state index contributed by atoms with van der Waals surface area (Å²) in [5, 5.41) is 0. The lowest BCUT2D eigenvalue weighted by Crippen LogP contribution is -2.04. The smallest absolute Gasteiger partial charge is 0.363 e. The summed E-state index contributed by atoms with van der Waals surface area (Å²) in [5.74, 6) is 0.613. The van der Waals surface area contributed by atoms with Gasteiger partial charge in [-0.2, -0.15) is 0 Å². The zero-order valence-electron chi connectivity index (χ0n) is 12.9. The van der Waals surface area contributed by atoms with Crippen molar-refractivity contribution in [1.82, 2.24) is 0 Å². The van der Waals surface area contributed by atoms with E-state index in [-0.39, 0.29) is 5.70 Å². The first-order valence-electron chi connectivity index (χ1n) is 7.25. The Bertz CT molecular complexity index is 851. The van der Waals surface area contributed by atoms with Crippen LogP contribution >= 0.6 is 15.9 Å². The first-order valence-corrected chi connectivity index (χ1v) is 8.05. The van der Waals surface area contributed by atoms with Gasteiger partial charge in [-0.05, 0) is 36.4 Å². The van der Waals surface area contributed by atoms with Crippen LogP contribution in [-0.2, 0) is 9.53 Å². The predicted octanol–water partition coefficient (Wildman–Crippen LogP) is 4.36. The van der Waals surface area contributed by atoms with Crippen molar-refractivity contribution in [2.75, 3.05) is 7.11 Å². The first kappa shape index (κ1) is 16.2. The number of carbonyl (C=O) groups is 1. The summed E-state index contributed by atoms with van der Waals surface area (Å²) in [4.78, 5) is 16.2. The molecule has 4 nitrogen and oxygen atoms in total. The van der Waals surface area contributed by atoms with Crippen LogP contribution in [0.1, 0.15) is 11.1 Å². The van der Waals surface area contributed by atoms with Crippen LogP contribution in [0.3, 0.4) is 0 Å². The number of halogens is 1. The van der Waals surface area contributed by atoms with Gasteiger partial charge in [0.05, 0.1) is 7.11 Å². The molecule has 2 aromatic carbocycles. The molecular weight excluding hydrogens is 370 g/mol. The molecule has 0 fully saturated rings. The van der Waals surface area contributed by atoms with Crippen molar-refractivity contribution in [3.63, 3.8) is 0 Å². The molecule has 3 rings (SSSR count). The van der Waals surface area contributed by atoms with E-state index in [1.807, 2.05) is 54.6 Å². The summed E-state index contributed by atoms with van der Waals surface area (Å²) in [6, 6.07) is 15.0. The number of cyclic esters (lactones) is 1. The van der Waals surface area contributed by atoms with Crippen molar-refractivity contribution >= 4 is 33.9 Å². The molecule has 1 aliphatic rings. The van der Waals surface area contributed by atoms with Crippen molar-refractivity contribution in [2.24, 2.45) is 4.99 Å². The van der Waals surface area contributed by atoms with E-state index in [1.165, 1.54) is 0 Å². The highest BCUT2D eigenvalue weighted by atomic mass is 79.9. The molecule has 0 amide bonds. The second-order valence-corrected chi connectivity index (χ2v) is 5.88. The summed E-state index contributed by atoms with van der Waals surface area (Å²) < 4.78 is 11.4. The number of methoxy groups -OCH3 is 1. The molecule has 1 aliphatic heterocycles. The Labute approximate surface area is 148 Å². The van der Waals surface area contributed by atoms with Crippen LogP contribution in [0, 0.1) is 0 Å². The van der Waals surface area contributed by atoms with Crippen molar-refractivity contribution in [3.05, 3.63) is 82.0 Å². The van der Waals surface area contributed by atoms with Gasteiger partial charge in [-0.1, -0.05) is 46.3 Å². The summed E-state index contributed by atoms with van der Waals surface area (Å²) in [5.41, 5.74) is 1.93. The van der Waals surface area contributed by atoms with Gasteiger partial charge in [0.15, 0.2) is 5.70 Å². The van der Waals surface area contributed by atoms with E-state index in [2.05, 4.69) is 20.9 Å². The van der Waals surface area contributed by atoms with Gasteiger partial charge < -0.3 is 9.47 Å². The average Bonchev–Trinajstić information content (AvgIpc) is 2.97. The predicted molar refractivity (Wildman–Crippen MR) is 96.9 cm³/mol. The molecule has 0 aromatic heterocycles. The highest BCUT2D eigenvalue weighted by Crippen LogP contribution is 2.20. The highest BCUT2D eigenvalue weighted by Gasteiger charge is 2.23. The molecule has 0 unspecified atom stereocenters. The minimum atomic E-state index is -0.461. The second-order valence-electron chi connectivity index (χ2n) is 4.97. The number of hydrogen-bond acceptors (Lipinski definition) is 4. The number of carbonyl (C=O) groups excluding carboxylic acids is 1. The number of aliphatic imine (C=N–C) groups is 1. The van der Waals surface area contributed by atoms with E-state index in [4.69, 9.17) is 9.47 Å². The minimum absolute atomic E-state index is 0.263. The van der Waals surface area contributed by atoms with E-state index in [1.54, 1.807) is 19.3 Å². The first-order chi connectivity index (χ1) is 11.7. The average molecular weight is 384 g/mol. The Balaban J connectivity index is 1.81. The maximum absolute atomic E-state index is 11.9. The Morgan fingerprint density at radius 3 is 2.62 bits per heavy atom. The van der Waals surface area contributed by atoms with Crippen molar-refractivity contribution in [1.29, 1.82) is 0 Å². The van der Waals surface area contributed by atoms with E-state index in [9.17, 15) is 4.79 Å². The van der Waals surface area contributed by atoms with Gasteiger partial charge >= 0.3 is 5.97 Å². The number of allylic oxidation sites excluding steroid dienone is 2. The summed E-state index contributed by atoms with van der Waals surface area (Å²) in [6.45, 7) is 0. The molecule has 0 N–H and O–H groups in total. The Kier molecular flexibility index (Phi) is 4.91. The van der Waals surface area contributed by atoms with Gasteiger partial charge in [0.2, 0.25) is 5.90 Å². The maximum atomic E-state index is 11.9. The molecule has 0 radical (unpaired) electrons. The van der Waals surface area contributed by atoms with Gasteiger partial charge in [-0.25, -0.2) is 9.79 Å². The molecule has 0 aliphatic carbocycles. The fraction of sp³-hybridized carbons (Fsp3) is 0.0526. The molecule has 5 heteroatoms. The molecule has 0 saturated heterocycles. The monoisotopic (exact) mass is 383 g/mol. The number of esters is 1. The lowest BCUT2D eigenvalue weighted by molar-refractivity contribution is -0.130. The normalized spacial score (nSPS) is 15.7. The van der Waals surface area contributed by atoms with E-state index in [0.717, 1.165) is 21.3 Å². The largest absolute Gasteiger partial charge is 0.496 e. The van der Waals surface area contributed by atoms with Crippen LogP contribution in [0.15, 0.2) is 75.8 Å². The molecule has 24 heavy (non-hydrogen) atoms. The SMILES string of the molecule is COc1ccccc1/C=C/C=C1\N=C(c2ccc(Br)cc2)OC1=O. The fourth-order valence-corrected chi connectivity index (χ4v) is 2.45. The Hall–Kier alpha value is -2.66.